The van der Waals surface area contributed by atoms with E-state index >= 15 is 0 Å². The fraction of sp³-hybridized carbons (Fsp3) is 0. The van der Waals surface area contributed by atoms with E-state index in [0.717, 1.165) is 0 Å². The Labute approximate surface area is 108 Å². The van der Waals surface area contributed by atoms with Crippen LogP contribution in [0.5, 0.6) is 0 Å². The Balaban J connectivity index is 2.33. The first kappa shape index (κ1) is 12.5. The molecule has 2 aromatic heterocycles. The molecule has 0 aliphatic heterocycles. The van der Waals surface area contributed by atoms with E-state index in [0.29, 0.717) is 11.0 Å². The van der Waals surface area contributed by atoms with E-state index in [4.69, 9.17) is 0 Å². The van der Waals surface area contributed by atoms with Gasteiger partial charge in [0, 0.05) is 6.20 Å². The van der Waals surface area contributed by atoms with Gasteiger partial charge in [-0.25, -0.2) is 31.9 Å². The number of hydrogen-bond donors (Lipinski definition) is 1. The highest BCUT2D eigenvalue weighted by atomic mass is 19.2. The Morgan fingerprint density at radius 2 is 1.45 bits per heavy atom. The third-order valence-electron chi connectivity index (χ3n) is 2.73. The molecule has 3 rings (SSSR count). The molecule has 0 saturated carbocycles. The fourth-order valence-corrected chi connectivity index (χ4v) is 1.77. The molecule has 0 saturated heterocycles. The second-order valence-electron chi connectivity index (χ2n) is 3.92. The van der Waals surface area contributed by atoms with Crippen LogP contribution in [0.3, 0.4) is 0 Å². The van der Waals surface area contributed by atoms with Crippen molar-refractivity contribution in [2.45, 2.75) is 0 Å². The van der Waals surface area contributed by atoms with Gasteiger partial charge in [-0.15, -0.1) is 0 Å². The summed E-state index contributed by atoms with van der Waals surface area (Å²) in [5.74, 6) is -10.8. The standard InChI is InChI=1S/C12H4F5N3/c13-7-6(8(14)10(16)11(17)9(7)15)12-19-3-5-4(20-12)1-2-18-5/h1-3,18H. The zero-order chi connectivity index (χ0) is 14.4. The summed E-state index contributed by atoms with van der Waals surface area (Å²) in [7, 11) is 0. The molecule has 102 valence electrons. The van der Waals surface area contributed by atoms with Crippen LogP contribution in [0.2, 0.25) is 0 Å². The van der Waals surface area contributed by atoms with Crippen LogP contribution in [0, 0.1) is 29.1 Å². The number of H-pyrrole nitrogens is 1. The number of aromatic amines is 1. The van der Waals surface area contributed by atoms with Crippen molar-refractivity contribution in [2.75, 3.05) is 0 Å². The maximum atomic E-state index is 13.6. The van der Waals surface area contributed by atoms with Crippen LogP contribution in [0.15, 0.2) is 18.5 Å². The molecule has 0 unspecified atom stereocenters. The van der Waals surface area contributed by atoms with Crippen molar-refractivity contribution < 1.29 is 22.0 Å². The first-order chi connectivity index (χ1) is 9.50. The van der Waals surface area contributed by atoms with Gasteiger partial charge in [0.05, 0.1) is 22.8 Å². The molecule has 0 radical (unpaired) electrons. The highest BCUT2D eigenvalue weighted by Crippen LogP contribution is 2.29. The van der Waals surface area contributed by atoms with Gasteiger partial charge in [0.2, 0.25) is 5.82 Å². The van der Waals surface area contributed by atoms with E-state index in [-0.39, 0.29) is 0 Å². The minimum atomic E-state index is -2.22. The molecule has 0 bridgehead atoms. The van der Waals surface area contributed by atoms with E-state index in [9.17, 15) is 22.0 Å². The lowest BCUT2D eigenvalue weighted by atomic mass is 10.1. The summed E-state index contributed by atoms with van der Waals surface area (Å²) in [6.07, 6.45) is 2.69. The average Bonchev–Trinajstić information content (AvgIpc) is 2.91. The molecule has 0 spiro atoms. The summed E-state index contributed by atoms with van der Waals surface area (Å²) >= 11 is 0. The highest BCUT2D eigenvalue weighted by molar-refractivity contribution is 5.76. The SMILES string of the molecule is Fc1c(F)c(F)c(-c2ncc3[nH]ccc3n2)c(F)c1F. The first-order valence-electron chi connectivity index (χ1n) is 5.32. The third-order valence-corrected chi connectivity index (χ3v) is 2.73. The van der Waals surface area contributed by atoms with Crippen molar-refractivity contribution in [1.29, 1.82) is 0 Å². The van der Waals surface area contributed by atoms with Gasteiger partial charge in [-0.1, -0.05) is 0 Å². The van der Waals surface area contributed by atoms with Crippen LogP contribution in [0.4, 0.5) is 22.0 Å². The molecule has 1 aromatic carbocycles. The van der Waals surface area contributed by atoms with Crippen LogP contribution in [-0.2, 0) is 0 Å². The lowest BCUT2D eigenvalue weighted by Crippen LogP contribution is -2.05. The highest BCUT2D eigenvalue weighted by Gasteiger charge is 2.28. The van der Waals surface area contributed by atoms with Crippen molar-refractivity contribution in [1.82, 2.24) is 15.0 Å². The molecule has 8 heteroatoms. The molecule has 0 aliphatic carbocycles. The van der Waals surface area contributed by atoms with Gasteiger partial charge in [0.15, 0.2) is 29.1 Å². The zero-order valence-corrected chi connectivity index (χ0v) is 9.52. The van der Waals surface area contributed by atoms with Crippen LogP contribution in [0.25, 0.3) is 22.4 Å². The molecule has 3 aromatic rings. The number of fused-ring (bicyclic) bond motifs is 1. The minimum absolute atomic E-state index is 0.291. The molecule has 20 heavy (non-hydrogen) atoms. The van der Waals surface area contributed by atoms with E-state index in [1.807, 2.05) is 0 Å². The second-order valence-corrected chi connectivity index (χ2v) is 3.92. The molecule has 0 amide bonds. The number of nitrogens with zero attached hydrogens (tertiary/aromatic N) is 2. The maximum Gasteiger partial charge on any atom is 0.200 e. The number of hydrogen-bond acceptors (Lipinski definition) is 2. The third kappa shape index (κ3) is 1.64. The van der Waals surface area contributed by atoms with Crippen molar-refractivity contribution in [3.8, 4) is 11.4 Å². The predicted molar refractivity (Wildman–Crippen MR) is 59.1 cm³/mol. The van der Waals surface area contributed by atoms with E-state index in [2.05, 4.69) is 15.0 Å². The molecule has 2 heterocycles. The summed E-state index contributed by atoms with van der Waals surface area (Å²) < 4.78 is 66.4. The maximum absolute atomic E-state index is 13.6. The Hall–Kier alpha value is -2.51. The number of halogens is 5. The summed E-state index contributed by atoms with van der Waals surface area (Å²) in [5.41, 5.74) is -0.388. The van der Waals surface area contributed by atoms with Crippen LogP contribution < -0.4 is 0 Å². The molecule has 1 N–H and O–H groups in total. The lowest BCUT2D eigenvalue weighted by Gasteiger charge is -2.06. The fourth-order valence-electron chi connectivity index (χ4n) is 1.77. The summed E-state index contributed by atoms with van der Waals surface area (Å²) in [5, 5.41) is 0. The number of nitrogens with one attached hydrogen (secondary N) is 1. The van der Waals surface area contributed by atoms with Gasteiger partial charge >= 0.3 is 0 Å². The number of benzene rings is 1. The van der Waals surface area contributed by atoms with Gasteiger partial charge in [0.25, 0.3) is 0 Å². The minimum Gasteiger partial charge on any atom is -0.359 e. The molecular formula is C12H4F5N3. The number of aromatic nitrogens is 3. The van der Waals surface area contributed by atoms with Gasteiger partial charge in [-0.2, -0.15) is 0 Å². The second kappa shape index (κ2) is 4.26. The predicted octanol–water partition coefficient (Wildman–Crippen LogP) is 3.32. The van der Waals surface area contributed by atoms with Gasteiger partial charge in [-0.05, 0) is 6.07 Å². The normalized spacial score (nSPS) is 11.2. The monoisotopic (exact) mass is 285 g/mol. The van der Waals surface area contributed by atoms with Crippen molar-refractivity contribution >= 4 is 11.0 Å². The lowest BCUT2D eigenvalue weighted by molar-refractivity contribution is 0.381. The van der Waals surface area contributed by atoms with E-state index in [1.165, 1.54) is 18.5 Å². The Bertz CT molecular complexity index is 798. The van der Waals surface area contributed by atoms with Gasteiger partial charge in [0.1, 0.15) is 0 Å². The summed E-state index contributed by atoms with van der Waals surface area (Å²) in [4.78, 5) is 10.1. The van der Waals surface area contributed by atoms with Crippen LogP contribution >= 0.6 is 0 Å². The van der Waals surface area contributed by atoms with Gasteiger partial charge < -0.3 is 4.98 Å². The average molecular weight is 285 g/mol. The molecular weight excluding hydrogens is 281 g/mol. The quantitative estimate of drug-likeness (QED) is 0.423. The van der Waals surface area contributed by atoms with Crippen LogP contribution in [-0.4, -0.2) is 15.0 Å². The molecule has 3 nitrogen and oxygen atoms in total. The zero-order valence-electron chi connectivity index (χ0n) is 9.52. The molecule has 0 aliphatic rings. The summed E-state index contributed by atoms with van der Waals surface area (Å²) in [6, 6.07) is 1.48. The largest absolute Gasteiger partial charge is 0.359 e. The van der Waals surface area contributed by atoms with Crippen molar-refractivity contribution in [3.63, 3.8) is 0 Å². The smallest absolute Gasteiger partial charge is 0.200 e. The number of rotatable bonds is 1. The summed E-state index contributed by atoms with van der Waals surface area (Å²) in [6.45, 7) is 0. The van der Waals surface area contributed by atoms with E-state index < -0.39 is 40.5 Å². The first-order valence-corrected chi connectivity index (χ1v) is 5.32. The van der Waals surface area contributed by atoms with Crippen molar-refractivity contribution in [3.05, 3.63) is 47.5 Å². The Morgan fingerprint density at radius 1 is 0.850 bits per heavy atom. The van der Waals surface area contributed by atoms with Crippen molar-refractivity contribution in [2.24, 2.45) is 0 Å². The van der Waals surface area contributed by atoms with Gasteiger partial charge in [-0.3, -0.25) is 0 Å². The Kier molecular flexibility index (Phi) is 2.66. The van der Waals surface area contributed by atoms with Crippen LogP contribution in [0.1, 0.15) is 0 Å². The topological polar surface area (TPSA) is 41.6 Å². The molecule has 0 atom stereocenters. The van der Waals surface area contributed by atoms with E-state index in [1.54, 1.807) is 0 Å². The molecule has 0 fully saturated rings. The Morgan fingerprint density at radius 3 is 2.10 bits per heavy atom.